The average molecular weight is 476 g/mol. The summed E-state index contributed by atoms with van der Waals surface area (Å²) in [7, 11) is -2.26. The first-order valence-electron chi connectivity index (χ1n) is 11.1. The summed E-state index contributed by atoms with van der Waals surface area (Å²) in [5.74, 6) is 0.693. The fourth-order valence-electron chi connectivity index (χ4n) is 3.66. The maximum atomic E-state index is 12.9. The fourth-order valence-corrected chi connectivity index (χ4v) is 4.70. The zero-order valence-electron chi connectivity index (χ0n) is 19.4. The van der Waals surface area contributed by atoms with E-state index < -0.39 is 10.0 Å². The lowest BCUT2D eigenvalue weighted by molar-refractivity contribution is 0.0937. The van der Waals surface area contributed by atoms with Gasteiger partial charge < -0.3 is 20.3 Å². The molecule has 3 rings (SSSR count). The number of carbonyl (C=O) groups is 1. The highest BCUT2D eigenvalue weighted by Crippen LogP contribution is 2.24. The van der Waals surface area contributed by atoms with Crippen molar-refractivity contribution in [1.82, 2.24) is 15.6 Å². The lowest BCUT2D eigenvalue weighted by Crippen LogP contribution is -2.44. The van der Waals surface area contributed by atoms with Crippen LogP contribution in [0.3, 0.4) is 0 Å². The van der Waals surface area contributed by atoms with Crippen molar-refractivity contribution in [3.8, 4) is 0 Å². The number of hydrogen-bond donors (Lipinski definition) is 3. The number of rotatable bonds is 10. The summed E-state index contributed by atoms with van der Waals surface area (Å²) in [6.07, 6.45) is 2.33. The maximum absolute atomic E-state index is 12.9. The third-order valence-corrected chi connectivity index (χ3v) is 6.65. The second kappa shape index (κ2) is 11.4. The van der Waals surface area contributed by atoms with Crippen molar-refractivity contribution < 1.29 is 17.9 Å². The minimum absolute atomic E-state index is 0.160. The second-order valence-electron chi connectivity index (χ2n) is 8.43. The number of aromatic nitrogens is 1. The predicted octanol–water partition coefficient (Wildman–Crippen LogP) is 1.87. The zero-order valence-corrected chi connectivity index (χ0v) is 20.2. The minimum atomic E-state index is -3.82. The highest BCUT2D eigenvalue weighted by molar-refractivity contribution is 7.92. The van der Waals surface area contributed by atoms with E-state index in [1.165, 1.54) is 12.3 Å². The van der Waals surface area contributed by atoms with Gasteiger partial charge in [-0.25, -0.2) is 13.4 Å². The molecular formula is C23H33N5O4S. The Morgan fingerprint density at radius 2 is 1.91 bits per heavy atom. The van der Waals surface area contributed by atoms with Gasteiger partial charge in [0.25, 0.3) is 15.9 Å². The molecule has 1 aliphatic rings. The number of nitrogens with one attached hydrogen (secondary N) is 3. The number of amides is 1. The molecule has 1 fully saturated rings. The van der Waals surface area contributed by atoms with Gasteiger partial charge in [-0.15, -0.1) is 0 Å². The van der Waals surface area contributed by atoms with E-state index in [4.69, 9.17) is 4.74 Å². The third-order valence-electron chi connectivity index (χ3n) is 5.25. The van der Waals surface area contributed by atoms with Crippen molar-refractivity contribution in [3.63, 3.8) is 0 Å². The molecule has 0 saturated carbocycles. The Kier molecular flexibility index (Phi) is 8.65. The summed E-state index contributed by atoms with van der Waals surface area (Å²) in [6, 6.07) is 8.39. The van der Waals surface area contributed by atoms with E-state index in [9.17, 15) is 13.2 Å². The molecule has 1 amide bonds. The molecule has 1 aliphatic heterocycles. The SMILES string of the molecule is COCCNC(=O)c1cc(NS(=O)(=O)c2ccc(CC(C)C)cc2)cnc1N1CCNCC1. The molecule has 0 atom stereocenters. The number of carbonyl (C=O) groups excluding carboxylic acids is 1. The predicted molar refractivity (Wildman–Crippen MR) is 129 cm³/mol. The molecule has 10 heteroatoms. The van der Waals surface area contributed by atoms with E-state index in [0.717, 1.165) is 25.1 Å². The van der Waals surface area contributed by atoms with E-state index >= 15 is 0 Å². The summed E-state index contributed by atoms with van der Waals surface area (Å²) in [5, 5.41) is 6.07. The number of nitrogens with zero attached hydrogens (tertiary/aromatic N) is 2. The first-order valence-corrected chi connectivity index (χ1v) is 12.6. The molecule has 33 heavy (non-hydrogen) atoms. The molecular weight excluding hydrogens is 442 g/mol. The number of sulfonamides is 1. The highest BCUT2D eigenvalue weighted by Gasteiger charge is 2.22. The molecule has 0 bridgehead atoms. The molecule has 1 aromatic heterocycles. The van der Waals surface area contributed by atoms with Gasteiger partial charge >= 0.3 is 0 Å². The fraction of sp³-hybridized carbons (Fsp3) is 0.478. The summed E-state index contributed by atoms with van der Waals surface area (Å²) in [5.41, 5.74) is 1.64. The minimum Gasteiger partial charge on any atom is -0.383 e. The van der Waals surface area contributed by atoms with Gasteiger partial charge in [0.05, 0.1) is 29.0 Å². The Balaban J connectivity index is 1.84. The maximum Gasteiger partial charge on any atom is 0.261 e. The molecule has 180 valence electrons. The Bertz CT molecular complexity index is 1040. The zero-order chi connectivity index (χ0) is 23.8. The van der Waals surface area contributed by atoms with Crippen LogP contribution in [0.4, 0.5) is 11.5 Å². The summed E-state index contributed by atoms with van der Waals surface area (Å²) in [4.78, 5) is 19.5. The van der Waals surface area contributed by atoms with Crippen LogP contribution in [-0.4, -0.2) is 65.7 Å². The summed E-state index contributed by atoms with van der Waals surface area (Å²) in [6.45, 7) is 7.94. The Hall–Kier alpha value is -2.69. The number of piperazine rings is 1. The van der Waals surface area contributed by atoms with Crippen LogP contribution in [0.15, 0.2) is 41.4 Å². The van der Waals surface area contributed by atoms with Gasteiger partial charge in [0.15, 0.2) is 0 Å². The first kappa shape index (κ1) is 24.9. The van der Waals surface area contributed by atoms with Crippen LogP contribution in [-0.2, 0) is 21.2 Å². The topological polar surface area (TPSA) is 113 Å². The number of anilines is 2. The number of pyridine rings is 1. The molecule has 1 aromatic carbocycles. The monoisotopic (exact) mass is 475 g/mol. The van der Waals surface area contributed by atoms with Crippen LogP contribution in [0, 0.1) is 5.92 Å². The van der Waals surface area contributed by atoms with Crippen LogP contribution in [0.2, 0.25) is 0 Å². The van der Waals surface area contributed by atoms with Gasteiger partial charge in [0.2, 0.25) is 0 Å². The average Bonchev–Trinajstić information content (AvgIpc) is 2.79. The Morgan fingerprint density at radius 3 is 2.55 bits per heavy atom. The van der Waals surface area contributed by atoms with Crippen molar-refractivity contribution in [1.29, 1.82) is 0 Å². The van der Waals surface area contributed by atoms with Gasteiger partial charge in [-0.3, -0.25) is 9.52 Å². The number of ether oxygens (including phenoxy) is 1. The van der Waals surface area contributed by atoms with E-state index in [-0.39, 0.29) is 16.5 Å². The lowest BCUT2D eigenvalue weighted by Gasteiger charge is -2.30. The summed E-state index contributed by atoms with van der Waals surface area (Å²) >= 11 is 0. The van der Waals surface area contributed by atoms with Crippen molar-refractivity contribution in [2.45, 2.75) is 25.2 Å². The molecule has 9 nitrogen and oxygen atoms in total. The van der Waals surface area contributed by atoms with Gasteiger partial charge in [-0.2, -0.15) is 0 Å². The van der Waals surface area contributed by atoms with Gasteiger partial charge in [0.1, 0.15) is 5.82 Å². The standard InChI is InChI=1S/C23H33N5O4S/c1-17(2)14-18-4-6-20(7-5-18)33(30,31)27-19-15-21(23(29)25-10-13-32-3)22(26-16-19)28-11-8-24-9-12-28/h4-7,15-17,24,27H,8-14H2,1-3H3,(H,25,29). The second-order valence-corrected chi connectivity index (χ2v) is 10.1. The van der Waals surface area contributed by atoms with Crippen molar-refractivity contribution in [2.24, 2.45) is 5.92 Å². The van der Waals surface area contributed by atoms with Crippen LogP contribution in [0.5, 0.6) is 0 Å². The van der Waals surface area contributed by atoms with Gasteiger partial charge in [-0.1, -0.05) is 26.0 Å². The third kappa shape index (κ3) is 6.89. The number of methoxy groups -OCH3 is 1. The van der Waals surface area contributed by atoms with E-state index in [2.05, 4.69) is 34.2 Å². The number of benzene rings is 1. The molecule has 0 unspecified atom stereocenters. The quantitative estimate of drug-likeness (QED) is 0.450. The van der Waals surface area contributed by atoms with Crippen LogP contribution >= 0.6 is 0 Å². The molecule has 0 spiro atoms. The first-order chi connectivity index (χ1) is 15.8. The van der Waals surface area contributed by atoms with Gasteiger partial charge in [0, 0.05) is 39.8 Å². The van der Waals surface area contributed by atoms with Crippen molar-refractivity contribution in [2.75, 3.05) is 56.1 Å². The lowest BCUT2D eigenvalue weighted by atomic mass is 10.0. The normalized spacial score (nSPS) is 14.4. The molecule has 0 radical (unpaired) electrons. The van der Waals surface area contributed by atoms with Gasteiger partial charge in [-0.05, 0) is 36.1 Å². The largest absolute Gasteiger partial charge is 0.383 e. The Morgan fingerprint density at radius 1 is 1.21 bits per heavy atom. The van der Waals surface area contributed by atoms with Crippen molar-refractivity contribution >= 4 is 27.4 Å². The molecule has 1 saturated heterocycles. The highest BCUT2D eigenvalue weighted by atomic mass is 32.2. The molecule has 2 heterocycles. The number of hydrogen-bond acceptors (Lipinski definition) is 7. The summed E-state index contributed by atoms with van der Waals surface area (Å²) < 4.78 is 33.4. The van der Waals surface area contributed by atoms with Crippen LogP contribution < -0.4 is 20.3 Å². The Labute approximate surface area is 196 Å². The molecule has 0 aliphatic carbocycles. The van der Waals surface area contributed by atoms with Crippen molar-refractivity contribution in [3.05, 3.63) is 47.7 Å². The van der Waals surface area contributed by atoms with E-state index in [0.29, 0.717) is 43.5 Å². The van der Waals surface area contributed by atoms with E-state index in [1.807, 2.05) is 17.0 Å². The van der Waals surface area contributed by atoms with E-state index in [1.54, 1.807) is 19.2 Å². The molecule has 3 N–H and O–H groups in total. The van der Waals surface area contributed by atoms with Crippen LogP contribution in [0.1, 0.15) is 29.8 Å². The van der Waals surface area contributed by atoms with Crippen LogP contribution in [0.25, 0.3) is 0 Å². The smallest absolute Gasteiger partial charge is 0.261 e. The molecule has 2 aromatic rings.